The number of nitrogens with two attached hydrogens (primary N) is 2. The number of carbonyl (C=O) groups excluding carboxylic acids is 1. The second-order valence-electron chi connectivity index (χ2n) is 4.87. The van der Waals surface area contributed by atoms with Crippen molar-refractivity contribution < 1.29 is 14.5 Å². The predicted octanol–water partition coefficient (Wildman–Crippen LogP) is 1.47. The van der Waals surface area contributed by atoms with Crippen molar-refractivity contribution in [3.05, 3.63) is 32.8 Å². The van der Waals surface area contributed by atoms with E-state index in [0.29, 0.717) is 17.3 Å². The van der Waals surface area contributed by atoms with Crippen molar-refractivity contribution in [2.75, 3.05) is 0 Å². The summed E-state index contributed by atoms with van der Waals surface area (Å²) in [7, 11) is 0. The lowest BCUT2D eigenvalue weighted by Crippen LogP contribution is -2.50. The number of ether oxygens (including phenoxy) is 1. The zero-order valence-electron chi connectivity index (χ0n) is 10.5. The molecule has 2 unspecified atom stereocenters. The maximum atomic E-state index is 11.3. The molecule has 7 nitrogen and oxygen atoms in total. The predicted molar refractivity (Wildman–Crippen MR) is 75.2 cm³/mol. The molecular formula is C12H14BrN3O4. The molecule has 1 aliphatic carbocycles. The first-order chi connectivity index (χ1) is 9.32. The summed E-state index contributed by atoms with van der Waals surface area (Å²) in [5.41, 5.74) is 9.90. The van der Waals surface area contributed by atoms with E-state index in [9.17, 15) is 14.9 Å². The lowest BCUT2D eigenvalue weighted by molar-refractivity contribution is -0.386. The summed E-state index contributed by atoms with van der Waals surface area (Å²) in [5, 5.41) is 11.0. The van der Waals surface area contributed by atoms with Gasteiger partial charge in [0.1, 0.15) is 6.10 Å². The fraction of sp³-hybridized carbons (Fsp3) is 0.417. The van der Waals surface area contributed by atoms with Crippen LogP contribution in [0.2, 0.25) is 0 Å². The summed E-state index contributed by atoms with van der Waals surface area (Å²) in [6, 6.07) is 4.54. The van der Waals surface area contributed by atoms with E-state index in [0.717, 1.165) is 0 Å². The highest BCUT2D eigenvalue weighted by atomic mass is 79.9. The monoisotopic (exact) mass is 343 g/mol. The van der Waals surface area contributed by atoms with Gasteiger partial charge in [-0.15, -0.1) is 0 Å². The van der Waals surface area contributed by atoms with E-state index >= 15 is 0 Å². The third kappa shape index (κ3) is 2.91. The highest BCUT2D eigenvalue weighted by Gasteiger charge is 2.42. The van der Waals surface area contributed by atoms with Crippen molar-refractivity contribution in [1.82, 2.24) is 0 Å². The van der Waals surface area contributed by atoms with Crippen LogP contribution in [0.1, 0.15) is 19.3 Å². The molecule has 1 aromatic rings. The zero-order valence-corrected chi connectivity index (χ0v) is 12.1. The maximum Gasteiger partial charge on any atom is 0.312 e. The Morgan fingerprint density at radius 3 is 2.80 bits per heavy atom. The minimum atomic E-state index is -1.09. The average Bonchev–Trinajstić information content (AvgIpc) is 2.74. The summed E-state index contributed by atoms with van der Waals surface area (Å²) in [5.74, 6) is -0.411. The topological polar surface area (TPSA) is 121 Å². The van der Waals surface area contributed by atoms with E-state index in [1.165, 1.54) is 12.1 Å². The van der Waals surface area contributed by atoms with Crippen LogP contribution in [0.3, 0.4) is 0 Å². The molecule has 1 saturated carbocycles. The van der Waals surface area contributed by atoms with Crippen LogP contribution in [0, 0.1) is 10.1 Å². The molecule has 1 aliphatic rings. The molecule has 0 bridgehead atoms. The van der Waals surface area contributed by atoms with Gasteiger partial charge in [-0.1, -0.05) is 15.9 Å². The molecule has 1 fully saturated rings. The van der Waals surface area contributed by atoms with Gasteiger partial charge in [-0.3, -0.25) is 14.9 Å². The first kappa shape index (κ1) is 14.7. The van der Waals surface area contributed by atoms with Crippen molar-refractivity contribution in [3.8, 4) is 5.75 Å². The normalized spacial score (nSPS) is 25.4. The number of carbonyl (C=O) groups is 1. The summed E-state index contributed by atoms with van der Waals surface area (Å²) in [4.78, 5) is 21.7. The molecule has 108 valence electrons. The Hall–Kier alpha value is -1.67. The Kier molecular flexibility index (Phi) is 3.96. The first-order valence-corrected chi connectivity index (χ1v) is 6.80. The van der Waals surface area contributed by atoms with Crippen LogP contribution in [0.5, 0.6) is 5.75 Å². The fourth-order valence-corrected chi connectivity index (χ4v) is 2.61. The molecule has 20 heavy (non-hydrogen) atoms. The number of hydrogen-bond acceptors (Lipinski definition) is 5. The quantitative estimate of drug-likeness (QED) is 0.633. The number of rotatable bonds is 4. The molecular weight excluding hydrogens is 330 g/mol. The van der Waals surface area contributed by atoms with Gasteiger partial charge in [0.05, 0.1) is 10.5 Å². The van der Waals surface area contributed by atoms with Crippen LogP contribution in [0.25, 0.3) is 0 Å². The van der Waals surface area contributed by atoms with Gasteiger partial charge in [-0.2, -0.15) is 0 Å². The molecule has 0 saturated heterocycles. The number of benzene rings is 1. The van der Waals surface area contributed by atoms with Gasteiger partial charge in [0.15, 0.2) is 5.75 Å². The van der Waals surface area contributed by atoms with Crippen molar-refractivity contribution in [3.63, 3.8) is 0 Å². The third-order valence-corrected chi connectivity index (χ3v) is 3.90. The van der Waals surface area contributed by atoms with E-state index in [4.69, 9.17) is 16.2 Å². The molecule has 2 atom stereocenters. The van der Waals surface area contributed by atoms with Crippen molar-refractivity contribution in [2.45, 2.75) is 30.9 Å². The molecule has 0 radical (unpaired) electrons. The van der Waals surface area contributed by atoms with Crippen LogP contribution in [0.4, 0.5) is 5.69 Å². The van der Waals surface area contributed by atoms with Gasteiger partial charge in [0.2, 0.25) is 5.91 Å². The molecule has 0 aromatic heterocycles. The van der Waals surface area contributed by atoms with E-state index in [-0.39, 0.29) is 24.0 Å². The summed E-state index contributed by atoms with van der Waals surface area (Å²) >= 11 is 3.17. The number of nitrogens with zero attached hydrogens (tertiary/aromatic N) is 1. The number of halogens is 1. The van der Waals surface area contributed by atoms with Gasteiger partial charge in [0.25, 0.3) is 0 Å². The van der Waals surface area contributed by atoms with Crippen LogP contribution >= 0.6 is 15.9 Å². The molecule has 4 N–H and O–H groups in total. The Bertz CT molecular complexity index is 566. The van der Waals surface area contributed by atoms with Gasteiger partial charge < -0.3 is 16.2 Å². The Morgan fingerprint density at radius 2 is 2.25 bits per heavy atom. The second kappa shape index (κ2) is 5.37. The largest absolute Gasteiger partial charge is 0.483 e. The number of primary amides is 1. The van der Waals surface area contributed by atoms with E-state index < -0.39 is 16.4 Å². The minimum absolute atomic E-state index is 0.132. The molecule has 2 rings (SSSR count). The molecule has 1 amide bonds. The standard InChI is InChI=1S/C12H14BrN3O4/c13-7-1-2-10(9(5-7)16(18)19)20-8-3-4-12(15,6-8)11(14)17/h1-2,5,8H,3-4,6,15H2,(H2,14,17). The highest BCUT2D eigenvalue weighted by Crippen LogP contribution is 2.35. The van der Waals surface area contributed by atoms with Gasteiger partial charge >= 0.3 is 5.69 Å². The Balaban J connectivity index is 2.16. The van der Waals surface area contributed by atoms with Crippen LogP contribution < -0.4 is 16.2 Å². The van der Waals surface area contributed by atoms with Crippen LogP contribution in [-0.4, -0.2) is 22.5 Å². The number of amides is 1. The summed E-state index contributed by atoms with van der Waals surface area (Å²) in [6.45, 7) is 0. The van der Waals surface area contributed by atoms with Crippen LogP contribution in [0.15, 0.2) is 22.7 Å². The SMILES string of the molecule is NC(=O)C1(N)CCC(Oc2ccc(Br)cc2[N+](=O)[O-])C1. The third-order valence-electron chi connectivity index (χ3n) is 3.41. The molecule has 0 spiro atoms. The number of nitro benzene ring substituents is 1. The molecule has 8 heteroatoms. The van der Waals surface area contributed by atoms with Crippen LogP contribution in [-0.2, 0) is 4.79 Å². The van der Waals surface area contributed by atoms with Gasteiger partial charge in [0, 0.05) is 17.0 Å². The van der Waals surface area contributed by atoms with E-state index in [1.54, 1.807) is 6.07 Å². The molecule has 1 aromatic carbocycles. The lowest BCUT2D eigenvalue weighted by atomic mass is 9.99. The van der Waals surface area contributed by atoms with E-state index in [1.807, 2.05) is 0 Å². The van der Waals surface area contributed by atoms with Crippen molar-refractivity contribution in [2.24, 2.45) is 11.5 Å². The van der Waals surface area contributed by atoms with Crippen molar-refractivity contribution in [1.29, 1.82) is 0 Å². The maximum absolute atomic E-state index is 11.3. The number of nitro groups is 1. The summed E-state index contributed by atoms with van der Waals surface area (Å²) in [6.07, 6.45) is 0.854. The van der Waals surface area contributed by atoms with Crippen molar-refractivity contribution >= 4 is 27.5 Å². The Labute approximate surface area is 123 Å². The Morgan fingerprint density at radius 1 is 1.55 bits per heavy atom. The zero-order chi connectivity index (χ0) is 14.9. The molecule has 0 aliphatic heterocycles. The first-order valence-electron chi connectivity index (χ1n) is 6.01. The van der Waals surface area contributed by atoms with E-state index in [2.05, 4.69) is 15.9 Å². The second-order valence-corrected chi connectivity index (χ2v) is 5.79. The summed E-state index contributed by atoms with van der Waals surface area (Å²) < 4.78 is 6.21. The van der Waals surface area contributed by atoms with Gasteiger partial charge in [-0.25, -0.2) is 0 Å². The smallest absolute Gasteiger partial charge is 0.312 e. The highest BCUT2D eigenvalue weighted by molar-refractivity contribution is 9.10. The molecule has 0 heterocycles. The minimum Gasteiger partial charge on any atom is -0.483 e. The lowest BCUT2D eigenvalue weighted by Gasteiger charge is -2.19. The average molecular weight is 344 g/mol. The fourth-order valence-electron chi connectivity index (χ4n) is 2.27. The number of hydrogen-bond donors (Lipinski definition) is 2. The van der Waals surface area contributed by atoms with Gasteiger partial charge in [-0.05, 0) is 25.0 Å².